The molecule has 0 bridgehead atoms. The quantitative estimate of drug-likeness (QED) is 0.272. The third-order valence-corrected chi connectivity index (χ3v) is 7.40. The Morgan fingerprint density at radius 2 is 1.81 bits per heavy atom. The van der Waals surface area contributed by atoms with E-state index in [0.29, 0.717) is 15.2 Å². The monoisotopic (exact) mass is 549 g/mol. The molecule has 0 radical (unpaired) electrons. The van der Waals surface area contributed by atoms with E-state index in [0.717, 1.165) is 34.0 Å². The molecule has 0 unspecified atom stereocenters. The van der Waals surface area contributed by atoms with Crippen molar-refractivity contribution in [2.45, 2.75) is 25.9 Å². The first-order chi connectivity index (χ1) is 17.8. The number of aromatic nitrogens is 2. The number of amides is 1. The van der Waals surface area contributed by atoms with E-state index in [1.807, 2.05) is 79.4 Å². The highest BCUT2D eigenvalue weighted by atomic mass is 35.5. The summed E-state index contributed by atoms with van der Waals surface area (Å²) in [6, 6.07) is 22.3. The summed E-state index contributed by atoms with van der Waals surface area (Å²) in [6.45, 7) is 4.16. The molecule has 2 aromatic carbocycles. The van der Waals surface area contributed by atoms with Crippen LogP contribution in [0.4, 0.5) is 5.69 Å². The second-order valence-corrected chi connectivity index (χ2v) is 10.2. The third-order valence-electron chi connectivity index (χ3n) is 6.51. The van der Waals surface area contributed by atoms with Gasteiger partial charge in [-0.05, 0) is 80.2 Å². The molecule has 1 aliphatic heterocycles. The van der Waals surface area contributed by atoms with E-state index in [2.05, 4.69) is 26.3 Å². The van der Waals surface area contributed by atoms with Gasteiger partial charge in [0.15, 0.2) is 5.11 Å². The molecular weight excluding hydrogens is 525 g/mol. The fourth-order valence-electron chi connectivity index (χ4n) is 4.91. The highest BCUT2D eigenvalue weighted by Gasteiger charge is 2.42. The molecule has 0 aliphatic carbocycles. The SMILES string of the molecule is Cc1cc([C@@H]2[C@H](c3ccccn3)NC(=S)N2CC(=O)Nc2ccccc2)c(C)n1-c1ccc(Cl)cc1Cl. The molecule has 4 aromatic rings. The Hall–Kier alpha value is -3.39. The van der Waals surface area contributed by atoms with Gasteiger partial charge in [0.2, 0.25) is 5.91 Å². The smallest absolute Gasteiger partial charge is 0.244 e. The molecule has 0 saturated carbocycles. The van der Waals surface area contributed by atoms with Gasteiger partial charge in [0.05, 0.1) is 28.5 Å². The first-order valence-corrected chi connectivity index (χ1v) is 13.0. The molecule has 0 spiro atoms. The van der Waals surface area contributed by atoms with E-state index in [9.17, 15) is 4.79 Å². The van der Waals surface area contributed by atoms with Gasteiger partial charge in [-0.2, -0.15) is 0 Å². The van der Waals surface area contributed by atoms with Crippen LogP contribution in [0.5, 0.6) is 0 Å². The first kappa shape index (κ1) is 25.3. The maximum absolute atomic E-state index is 13.1. The number of carbonyl (C=O) groups excluding carboxylic acids is 1. The lowest BCUT2D eigenvalue weighted by molar-refractivity contribution is -0.116. The van der Waals surface area contributed by atoms with Gasteiger partial charge in [0.1, 0.15) is 6.54 Å². The van der Waals surface area contributed by atoms with E-state index < -0.39 is 0 Å². The van der Waals surface area contributed by atoms with Gasteiger partial charge < -0.3 is 20.1 Å². The zero-order valence-electron chi connectivity index (χ0n) is 20.3. The maximum Gasteiger partial charge on any atom is 0.244 e. The zero-order valence-corrected chi connectivity index (χ0v) is 22.6. The third kappa shape index (κ3) is 5.07. The first-order valence-electron chi connectivity index (χ1n) is 11.8. The number of benzene rings is 2. The molecule has 2 aromatic heterocycles. The molecule has 5 rings (SSSR count). The van der Waals surface area contributed by atoms with Crippen molar-refractivity contribution in [3.05, 3.63) is 112 Å². The Labute approximate surface area is 231 Å². The molecule has 188 valence electrons. The van der Waals surface area contributed by atoms with Crippen LogP contribution in [0.2, 0.25) is 10.0 Å². The fourth-order valence-corrected chi connectivity index (χ4v) is 5.71. The Kier molecular flexibility index (Phi) is 7.20. The molecule has 1 aliphatic rings. The number of para-hydroxylation sites is 1. The molecule has 1 fully saturated rings. The average Bonchev–Trinajstić information content (AvgIpc) is 3.35. The molecule has 9 heteroatoms. The van der Waals surface area contributed by atoms with Crippen molar-refractivity contribution in [2.75, 3.05) is 11.9 Å². The summed E-state index contributed by atoms with van der Waals surface area (Å²) in [7, 11) is 0. The molecule has 37 heavy (non-hydrogen) atoms. The van der Waals surface area contributed by atoms with Crippen LogP contribution in [0.15, 0.2) is 79.0 Å². The van der Waals surface area contributed by atoms with E-state index in [1.165, 1.54) is 0 Å². The summed E-state index contributed by atoms with van der Waals surface area (Å²) in [6.07, 6.45) is 1.76. The number of pyridine rings is 1. The molecule has 2 N–H and O–H groups in total. The van der Waals surface area contributed by atoms with Crippen LogP contribution >= 0.6 is 35.4 Å². The van der Waals surface area contributed by atoms with E-state index >= 15 is 0 Å². The summed E-state index contributed by atoms with van der Waals surface area (Å²) in [5, 5.41) is 8.01. The number of nitrogens with zero attached hydrogens (tertiary/aromatic N) is 3. The van der Waals surface area contributed by atoms with Gasteiger partial charge in [-0.15, -0.1) is 0 Å². The van der Waals surface area contributed by atoms with Crippen molar-refractivity contribution in [2.24, 2.45) is 0 Å². The van der Waals surface area contributed by atoms with Gasteiger partial charge >= 0.3 is 0 Å². The fraction of sp³-hybridized carbons (Fsp3) is 0.179. The number of carbonyl (C=O) groups is 1. The molecular formula is C28H25Cl2N5OS. The van der Waals surface area contributed by atoms with Crippen LogP contribution in [0, 0.1) is 13.8 Å². The number of hydrogen-bond acceptors (Lipinski definition) is 3. The van der Waals surface area contributed by atoms with E-state index in [-0.39, 0.29) is 24.5 Å². The number of halogens is 2. The van der Waals surface area contributed by atoms with Crippen LogP contribution in [0.3, 0.4) is 0 Å². The average molecular weight is 551 g/mol. The minimum absolute atomic E-state index is 0.0834. The summed E-state index contributed by atoms with van der Waals surface area (Å²) in [4.78, 5) is 19.6. The van der Waals surface area contributed by atoms with Gasteiger partial charge in [-0.1, -0.05) is 47.5 Å². The zero-order chi connectivity index (χ0) is 26.1. The Bertz CT molecular complexity index is 1460. The van der Waals surface area contributed by atoms with Crippen LogP contribution in [0.1, 0.15) is 34.7 Å². The Morgan fingerprint density at radius 3 is 2.51 bits per heavy atom. The highest BCUT2D eigenvalue weighted by molar-refractivity contribution is 7.80. The van der Waals surface area contributed by atoms with E-state index in [1.54, 1.807) is 12.3 Å². The number of hydrogen-bond donors (Lipinski definition) is 2. The molecule has 6 nitrogen and oxygen atoms in total. The lowest BCUT2D eigenvalue weighted by Crippen LogP contribution is -2.37. The summed E-state index contributed by atoms with van der Waals surface area (Å²) in [5.41, 5.74) is 5.44. The van der Waals surface area contributed by atoms with Crippen molar-refractivity contribution >= 4 is 52.1 Å². The minimum atomic E-state index is -0.269. The van der Waals surface area contributed by atoms with E-state index in [4.69, 9.17) is 35.4 Å². The Balaban J connectivity index is 1.55. The number of rotatable bonds is 6. The number of aryl methyl sites for hydroxylation is 1. The van der Waals surface area contributed by atoms with Crippen LogP contribution in [-0.2, 0) is 4.79 Å². The predicted octanol–water partition coefficient (Wildman–Crippen LogP) is 6.41. The summed E-state index contributed by atoms with van der Waals surface area (Å²) < 4.78 is 2.10. The number of nitrogens with one attached hydrogen (secondary N) is 2. The number of anilines is 1. The lowest BCUT2D eigenvalue weighted by atomic mass is 9.96. The molecule has 1 saturated heterocycles. The minimum Gasteiger partial charge on any atom is -0.352 e. The lowest BCUT2D eigenvalue weighted by Gasteiger charge is -2.27. The molecule has 2 atom stereocenters. The summed E-state index contributed by atoms with van der Waals surface area (Å²) >= 11 is 18.5. The summed E-state index contributed by atoms with van der Waals surface area (Å²) in [5.74, 6) is -0.156. The molecule has 3 heterocycles. The standard InChI is InChI=1S/C28H25Cl2N5OS/c1-17-14-21(18(2)35(17)24-12-11-19(29)15-22(24)30)27-26(23-10-6-7-13-31-23)33-28(37)34(27)16-25(36)32-20-8-4-3-5-9-20/h3-15,26-27H,16H2,1-2H3,(H,32,36)(H,33,37)/t26-,27+/m0/s1. The van der Waals surface area contributed by atoms with Gasteiger partial charge in [-0.3, -0.25) is 9.78 Å². The highest BCUT2D eigenvalue weighted by Crippen LogP contribution is 2.42. The molecule has 1 amide bonds. The van der Waals surface area contributed by atoms with Crippen LogP contribution in [0.25, 0.3) is 5.69 Å². The largest absolute Gasteiger partial charge is 0.352 e. The normalized spacial score (nSPS) is 17.1. The van der Waals surface area contributed by atoms with Crippen molar-refractivity contribution < 1.29 is 4.79 Å². The van der Waals surface area contributed by atoms with Gasteiger partial charge in [0, 0.05) is 28.3 Å². The van der Waals surface area contributed by atoms with Crippen LogP contribution < -0.4 is 10.6 Å². The predicted molar refractivity (Wildman–Crippen MR) is 152 cm³/mol. The van der Waals surface area contributed by atoms with Crippen LogP contribution in [-0.4, -0.2) is 32.0 Å². The van der Waals surface area contributed by atoms with Crippen molar-refractivity contribution in [3.8, 4) is 5.69 Å². The topological polar surface area (TPSA) is 62.2 Å². The van der Waals surface area contributed by atoms with Crippen molar-refractivity contribution in [1.29, 1.82) is 0 Å². The van der Waals surface area contributed by atoms with Crippen molar-refractivity contribution in [1.82, 2.24) is 19.8 Å². The Morgan fingerprint density at radius 1 is 1.05 bits per heavy atom. The maximum atomic E-state index is 13.1. The second kappa shape index (κ2) is 10.5. The van der Waals surface area contributed by atoms with Crippen molar-refractivity contribution in [3.63, 3.8) is 0 Å². The second-order valence-electron chi connectivity index (χ2n) is 8.93. The van der Waals surface area contributed by atoms with Gasteiger partial charge in [-0.25, -0.2) is 0 Å². The number of thiocarbonyl (C=S) groups is 1. The van der Waals surface area contributed by atoms with Gasteiger partial charge in [0.25, 0.3) is 0 Å².